The molecule has 1 aromatic carbocycles. The Morgan fingerprint density at radius 3 is 3.00 bits per heavy atom. The zero-order chi connectivity index (χ0) is 16.4. The molecule has 3 rings (SSSR count). The van der Waals surface area contributed by atoms with Gasteiger partial charge in [0.1, 0.15) is 18.1 Å². The number of carbonyl (C=O) groups is 1. The van der Waals surface area contributed by atoms with Crippen molar-refractivity contribution in [2.24, 2.45) is 5.92 Å². The number of β-amino-alcohol motifs (C(OH)–C–C–N with tert-alkyl or cyclic N) is 1. The van der Waals surface area contributed by atoms with Gasteiger partial charge in [0.2, 0.25) is 0 Å². The number of aliphatic carboxylic acids is 1. The van der Waals surface area contributed by atoms with Crippen LogP contribution in [-0.2, 0) is 4.79 Å². The van der Waals surface area contributed by atoms with Gasteiger partial charge >= 0.3 is 5.97 Å². The van der Waals surface area contributed by atoms with E-state index in [1.54, 1.807) is 7.11 Å². The first kappa shape index (κ1) is 15.8. The number of rotatable bonds is 5. The lowest BCUT2D eigenvalue weighted by Gasteiger charge is -2.22. The second-order valence-electron chi connectivity index (χ2n) is 6.11. The lowest BCUT2D eigenvalue weighted by atomic mass is 10.0. The number of carboxylic acid groups (broad SMARTS) is 1. The molecular weight excluding hydrogens is 298 g/mol. The van der Waals surface area contributed by atoms with E-state index in [-0.39, 0.29) is 12.3 Å². The van der Waals surface area contributed by atoms with Gasteiger partial charge in [-0.15, -0.1) is 0 Å². The molecule has 2 N–H and O–H groups in total. The minimum atomic E-state index is -0.864. The van der Waals surface area contributed by atoms with E-state index in [0.717, 1.165) is 22.6 Å². The molecule has 0 aliphatic carbocycles. The fourth-order valence-corrected chi connectivity index (χ4v) is 3.20. The third-order valence-electron chi connectivity index (χ3n) is 4.34. The molecule has 0 radical (unpaired) electrons. The van der Waals surface area contributed by atoms with Gasteiger partial charge in [-0.3, -0.25) is 9.69 Å². The lowest BCUT2D eigenvalue weighted by molar-refractivity contribution is -0.138. The van der Waals surface area contributed by atoms with E-state index in [4.69, 9.17) is 14.6 Å². The predicted molar refractivity (Wildman–Crippen MR) is 84.7 cm³/mol. The van der Waals surface area contributed by atoms with E-state index in [2.05, 4.69) is 11.0 Å². The monoisotopic (exact) mass is 319 g/mol. The SMILES string of the molecule is COc1ccc2c(c1)C=C(CN1C[C@@H](CC(=O)O)[C@H](O)C1)CO2. The number of carboxylic acids is 1. The molecule has 124 valence electrons. The van der Waals surface area contributed by atoms with Crippen molar-refractivity contribution >= 4 is 12.0 Å². The molecule has 2 aliphatic heterocycles. The summed E-state index contributed by atoms with van der Waals surface area (Å²) in [4.78, 5) is 12.9. The lowest BCUT2D eigenvalue weighted by Crippen LogP contribution is -2.27. The van der Waals surface area contributed by atoms with Crippen LogP contribution in [0.15, 0.2) is 23.8 Å². The van der Waals surface area contributed by atoms with Crippen molar-refractivity contribution in [1.82, 2.24) is 4.90 Å². The van der Waals surface area contributed by atoms with Crippen LogP contribution in [0.4, 0.5) is 0 Å². The molecule has 2 atom stereocenters. The molecule has 1 fully saturated rings. The van der Waals surface area contributed by atoms with Crippen LogP contribution in [0.3, 0.4) is 0 Å². The highest BCUT2D eigenvalue weighted by Crippen LogP contribution is 2.31. The average Bonchev–Trinajstić information content (AvgIpc) is 2.85. The van der Waals surface area contributed by atoms with Crippen LogP contribution in [0, 0.1) is 5.92 Å². The highest BCUT2D eigenvalue weighted by molar-refractivity contribution is 5.67. The standard InChI is InChI=1S/C17H21NO5/c1-22-14-2-3-16-12(5-14)4-11(10-23-16)7-18-8-13(6-17(20)21)15(19)9-18/h2-5,13,15,19H,6-10H2,1H3,(H,20,21)/t13-,15-/m1/s1. The average molecular weight is 319 g/mol. The molecule has 0 spiro atoms. The minimum absolute atomic E-state index is 0.00719. The highest BCUT2D eigenvalue weighted by Gasteiger charge is 2.33. The van der Waals surface area contributed by atoms with Gasteiger partial charge in [0.25, 0.3) is 0 Å². The van der Waals surface area contributed by atoms with Crippen molar-refractivity contribution in [2.75, 3.05) is 33.4 Å². The fraction of sp³-hybridized carbons (Fsp3) is 0.471. The number of methoxy groups -OCH3 is 1. The Morgan fingerprint density at radius 1 is 1.43 bits per heavy atom. The molecule has 0 unspecified atom stereocenters. The Bertz CT molecular complexity index is 627. The van der Waals surface area contributed by atoms with Gasteiger partial charge in [-0.2, -0.15) is 0 Å². The molecule has 0 saturated carbocycles. The van der Waals surface area contributed by atoms with E-state index in [9.17, 15) is 9.90 Å². The smallest absolute Gasteiger partial charge is 0.303 e. The van der Waals surface area contributed by atoms with Crippen LogP contribution >= 0.6 is 0 Å². The summed E-state index contributed by atoms with van der Waals surface area (Å²) in [5.41, 5.74) is 2.08. The summed E-state index contributed by atoms with van der Waals surface area (Å²) in [6.45, 7) is 2.27. The predicted octanol–water partition coefficient (Wildman–Crippen LogP) is 1.24. The number of aliphatic hydroxyl groups excluding tert-OH is 1. The van der Waals surface area contributed by atoms with Crippen molar-refractivity contribution in [3.05, 3.63) is 29.3 Å². The molecule has 6 heteroatoms. The summed E-state index contributed by atoms with van der Waals surface area (Å²) in [6, 6.07) is 5.69. The fourth-order valence-electron chi connectivity index (χ4n) is 3.20. The molecule has 0 aromatic heterocycles. The van der Waals surface area contributed by atoms with Crippen LogP contribution in [0.1, 0.15) is 12.0 Å². The second kappa shape index (κ2) is 6.60. The Hall–Kier alpha value is -2.05. The van der Waals surface area contributed by atoms with Crippen molar-refractivity contribution in [1.29, 1.82) is 0 Å². The molecule has 0 bridgehead atoms. The maximum absolute atomic E-state index is 10.8. The van der Waals surface area contributed by atoms with Gasteiger partial charge < -0.3 is 19.7 Å². The van der Waals surface area contributed by atoms with Gasteiger partial charge in [-0.05, 0) is 29.8 Å². The van der Waals surface area contributed by atoms with Gasteiger partial charge in [0, 0.05) is 31.1 Å². The van der Waals surface area contributed by atoms with Gasteiger partial charge in [0.15, 0.2) is 0 Å². The van der Waals surface area contributed by atoms with Crippen LogP contribution < -0.4 is 9.47 Å². The molecule has 23 heavy (non-hydrogen) atoms. The zero-order valence-electron chi connectivity index (χ0n) is 13.1. The van der Waals surface area contributed by atoms with Crippen molar-refractivity contribution < 1.29 is 24.5 Å². The summed E-state index contributed by atoms with van der Waals surface area (Å²) in [7, 11) is 1.63. The number of ether oxygens (including phenoxy) is 2. The molecule has 2 aliphatic rings. The Labute approximate surface area is 134 Å². The molecule has 0 amide bonds. The van der Waals surface area contributed by atoms with E-state index < -0.39 is 12.1 Å². The Morgan fingerprint density at radius 2 is 2.26 bits per heavy atom. The molecule has 1 saturated heterocycles. The third kappa shape index (κ3) is 3.65. The first-order chi connectivity index (χ1) is 11.0. The molecular formula is C17H21NO5. The van der Waals surface area contributed by atoms with E-state index >= 15 is 0 Å². The van der Waals surface area contributed by atoms with Crippen LogP contribution in [0.2, 0.25) is 0 Å². The summed E-state index contributed by atoms with van der Waals surface area (Å²) in [6.07, 6.45) is 1.51. The molecule has 2 heterocycles. The number of hydrogen-bond donors (Lipinski definition) is 2. The zero-order valence-corrected chi connectivity index (χ0v) is 13.1. The first-order valence-electron chi connectivity index (χ1n) is 7.67. The number of benzene rings is 1. The summed E-state index contributed by atoms with van der Waals surface area (Å²) in [5.74, 6) is 0.546. The Balaban J connectivity index is 1.67. The number of aliphatic hydroxyl groups is 1. The van der Waals surface area contributed by atoms with Crippen LogP contribution in [-0.4, -0.2) is 60.5 Å². The summed E-state index contributed by atoms with van der Waals surface area (Å²) < 4.78 is 11.0. The second-order valence-corrected chi connectivity index (χ2v) is 6.11. The Kier molecular flexibility index (Phi) is 4.54. The number of fused-ring (bicyclic) bond motifs is 1. The maximum atomic E-state index is 10.8. The first-order valence-corrected chi connectivity index (χ1v) is 7.67. The van der Waals surface area contributed by atoms with E-state index in [1.165, 1.54) is 0 Å². The summed E-state index contributed by atoms with van der Waals surface area (Å²) in [5, 5.41) is 18.9. The number of hydrogen-bond acceptors (Lipinski definition) is 5. The maximum Gasteiger partial charge on any atom is 0.303 e. The van der Waals surface area contributed by atoms with E-state index in [0.29, 0.717) is 26.2 Å². The highest BCUT2D eigenvalue weighted by atomic mass is 16.5. The molecule has 1 aromatic rings. The van der Waals surface area contributed by atoms with Crippen LogP contribution in [0.5, 0.6) is 11.5 Å². The van der Waals surface area contributed by atoms with E-state index in [1.807, 2.05) is 18.2 Å². The third-order valence-corrected chi connectivity index (χ3v) is 4.34. The van der Waals surface area contributed by atoms with Crippen LogP contribution in [0.25, 0.3) is 6.08 Å². The summed E-state index contributed by atoms with van der Waals surface area (Å²) >= 11 is 0. The number of likely N-dealkylation sites (tertiary alicyclic amines) is 1. The largest absolute Gasteiger partial charge is 0.497 e. The van der Waals surface area contributed by atoms with Crippen molar-refractivity contribution in [3.8, 4) is 11.5 Å². The van der Waals surface area contributed by atoms with Gasteiger partial charge in [0.05, 0.1) is 19.6 Å². The van der Waals surface area contributed by atoms with Crippen molar-refractivity contribution in [2.45, 2.75) is 12.5 Å². The number of nitrogens with zero attached hydrogens (tertiary/aromatic N) is 1. The topological polar surface area (TPSA) is 79.2 Å². The van der Waals surface area contributed by atoms with Gasteiger partial charge in [-0.25, -0.2) is 0 Å². The normalized spacial score (nSPS) is 23.8. The molecule has 6 nitrogen and oxygen atoms in total. The minimum Gasteiger partial charge on any atom is -0.497 e. The van der Waals surface area contributed by atoms with Crippen molar-refractivity contribution in [3.63, 3.8) is 0 Å². The quantitative estimate of drug-likeness (QED) is 0.850. The van der Waals surface area contributed by atoms with Gasteiger partial charge in [-0.1, -0.05) is 0 Å².